The number of benzene rings is 3. The molecule has 7 aliphatic heterocycles. The average Bonchev–Trinajstić information content (AvgIpc) is 3.65. The van der Waals surface area contributed by atoms with Crippen molar-refractivity contribution in [1.29, 1.82) is 5.26 Å². The molecule has 4 N–H and O–H groups in total. The molecule has 0 amide bonds. The third kappa shape index (κ3) is 4.58. The summed E-state index contributed by atoms with van der Waals surface area (Å²) in [7, 11) is 3.01. The normalized spacial score (nSPS) is 29.3. The fraction of sp³-hybridized carbons (Fsp3) is 0.450. The number of rotatable bonds is 4. The number of nitriles is 1. The number of aryl methyl sites for hydroxylation is 1. The first kappa shape index (κ1) is 34.9. The molecule has 0 aromatic heterocycles. The number of aromatic hydroxyl groups is 3. The lowest BCUT2D eigenvalue weighted by molar-refractivity contribution is -0.157. The van der Waals surface area contributed by atoms with Gasteiger partial charge in [0.2, 0.25) is 6.79 Å². The second-order valence-corrected chi connectivity index (χ2v) is 16.0. The molecule has 4 bridgehead atoms. The molecule has 14 heteroatoms. The highest BCUT2D eigenvalue weighted by Gasteiger charge is 2.62. The summed E-state index contributed by atoms with van der Waals surface area (Å²) < 4.78 is 29.8. The van der Waals surface area contributed by atoms with Crippen molar-refractivity contribution in [2.24, 2.45) is 0 Å². The van der Waals surface area contributed by atoms with Gasteiger partial charge in [-0.3, -0.25) is 15.1 Å². The van der Waals surface area contributed by atoms with Crippen LogP contribution < -0.4 is 24.3 Å². The van der Waals surface area contributed by atoms with Crippen LogP contribution in [-0.2, 0) is 27.9 Å². The van der Waals surface area contributed by atoms with Gasteiger partial charge in [0.25, 0.3) is 0 Å². The molecular weight excluding hydrogens is 713 g/mol. The van der Waals surface area contributed by atoms with E-state index in [0.29, 0.717) is 71.0 Å². The van der Waals surface area contributed by atoms with E-state index in [2.05, 4.69) is 27.8 Å². The number of hydrogen-bond donors (Lipinski definition) is 4. The van der Waals surface area contributed by atoms with Crippen molar-refractivity contribution in [2.45, 2.75) is 67.7 Å². The number of fused-ring (bicyclic) bond motifs is 9. The van der Waals surface area contributed by atoms with Crippen molar-refractivity contribution in [3.63, 3.8) is 0 Å². The molecule has 2 saturated heterocycles. The summed E-state index contributed by atoms with van der Waals surface area (Å²) in [5.74, 6) is 1.25. The minimum atomic E-state index is -1.34. The van der Waals surface area contributed by atoms with Crippen molar-refractivity contribution in [3.05, 3.63) is 75.4 Å². The number of hydrogen-bond acceptors (Lipinski definition) is 14. The smallest absolute Gasteiger partial charge is 0.331 e. The molecule has 7 heterocycles. The highest BCUT2D eigenvalue weighted by atomic mass is 32.2. The summed E-state index contributed by atoms with van der Waals surface area (Å²) in [5.41, 5.74) is 4.32. The number of ether oxygens (including phenoxy) is 5. The predicted molar refractivity (Wildman–Crippen MR) is 197 cm³/mol. The molecule has 0 aliphatic carbocycles. The second-order valence-electron chi connectivity index (χ2n) is 14.8. The van der Waals surface area contributed by atoms with Crippen LogP contribution >= 0.6 is 11.8 Å². The summed E-state index contributed by atoms with van der Waals surface area (Å²) in [5, 5.41) is 49.2. The highest BCUT2D eigenvalue weighted by molar-refractivity contribution is 7.99. The van der Waals surface area contributed by atoms with E-state index in [-0.39, 0.29) is 48.2 Å². The van der Waals surface area contributed by atoms with Gasteiger partial charge in [0.05, 0.1) is 37.6 Å². The topological polar surface area (TPSA) is 166 Å². The van der Waals surface area contributed by atoms with E-state index < -0.39 is 40.9 Å². The van der Waals surface area contributed by atoms with Gasteiger partial charge in [-0.2, -0.15) is 5.26 Å². The van der Waals surface area contributed by atoms with E-state index in [1.165, 1.54) is 18.9 Å². The number of nitrogens with zero attached hydrogens (tertiary/aromatic N) is 3. The molecule has 1 spiro atoms. The van der Waals surface area contributed by atoms with E-state index >= 15 is 0 Å². The van der Waals surface area contributed by atoms with Crippen LogP contribution in [0.25, 0.3) is 0 Å². The van der Waals surface area contributed by atoms with E-state index in [1.54, 1.807) is 26.2 Å². The highest BCUT2D eigenvalue weighted by Crippen LogP contribution is 2.64. The lowest BCUT2D eigenvalue weighted by atomic mass is 9.71. The Morgan fingerprint density at radius 3 is 2.61 bits per heavy atom. The molecule has 10 rings (SSSR count). The molecule has 13 nitrogen and oxygen atoms in total. The molecular formula is C40H42N4O9S. The molecule has 3 aromatic rings. The molecule has 7 aliphatic rings. The van der Waals surface area contributed by atoms with Gasteiger partial charge in [-0.05, 0) is 61.1 Å². The third-order valence-electron chi connectivity index (χ3n) is 12.4. The van der Waals surface area contributed by atoms with E-state index in [0.717, 1.165) is 16.7 Å². The third-order valence-corrected chi connectivity index (χ3v) is 13.8. The standard InChI is InChI=1S/C40H42N4O9S/c1-6-9-43-23-11-21-10-18(2)35(50-5)34(47)28(21)31(43)32-38-30-29(37-36(52-17-53-37)19(3)33(30)46)25(44(32)24(23)14-41)15-51-39(48)40(16-54-38)22-13-27(49-4)26(45)12-20(22)7-8-42-40/h6,10,12-13,23-25,31-32,38,42,45-47H,1,7-9,11,15-17H2,2-5H3/t23?,24-,25-,31?,32?,38+,40+/m0/s1. The Morgan fingerprint density at radius 2 is 1.87 bits per heavy atom. The van der Waals surface area contributed by atoms with Crippen molar-refractivity contribution < 1.29 is 43.8 Å². The molecule has 7 atom stereocenters. The maximum absolute atomic E-state index is 14.7. The first-order valence-corrected chi connectivity index (χ1v) is 19.2. The summed E-state index contributed by atoms with van der Waals surface area (Å²) in [6.07, 6.45) is 2.87. The van der Waals surface area contributed by atoms with Gasteiger partial charge in [0.1, 0.15) is 18.4 Å². The van der Waals surface area contributed by atoms with Gasteiger partial charge in [-0.25, -0.2) is 4.79 Å². The molecule has 3 unspecified atom stereocenters. The first-order valence-electron chi connectivity index (χ1n) is 18.1. The Labute approximate surface area is 317 Å². The molecule has 54 heavy (non-hydrogen) atoms. The van der Waals surface area contributed by atoms with Crippen molar-refractivity contribution in [3.8, 4) is 46.3 Å². The van der Waals surface area contributed by atoms with E-state index in [4.69, 9.17) is 23.7 Å². The van der Waals surface area contributed by atoms with Crippen LogP contribution in [0.3, 0.4) is 0 Å². The van der Waals surface area contributed by atoms with Crippen LogP contribution in [0.15, 0.2) is 30.9 Å². The summed E-state index contributed by atoms with van der Waals surface area (Å²) in [4.78, 5) is 19.1. The van der Waals surface area contributed by atoms with E-state index in [9.17, 15) is 25.4 Å². The molecule has 282 valence electrons. The number of carbonyl (C=O) groups excluding carboxylic acids is 1. The Hall–Kier alpha value is -4.81. The molecule has 0 saturated carbocycles. The van der Waals surface area contributed by atoms with Crippen LogP contribution in [0.4, 0.5) is 0 Å². The number of nitrogens with one attached hydrogen (secondary N) is 1. The second kappa shape index (κ2) is 12.6. The maximum atomic E-state index is 14.7. The lowest BCUT2D eigenvalue weighted by Crippen LogP contribution is -2.70. The quantitative estimate of drug-likeness (QED) is 0.220. The lowest BCUT2D eigenvalue weighted by Gasteiger charge is -2.62. The molecule has 0 radical (unpaired) electrons. The number of esters is 1. The first-order chi connectivity index (χ1) is 26.1. The zero-order valence-corrected chi connectivity index (χ0v) is 31.3. The Balaban J connectivity index is 1.32. The summed E-state index contributed by atoms with van der Waals surface area (Å²) in [6, 6.07) is 5.26. The number of phenolic OH excluding ortho intramolecular Hbond substituents is 3. The van der Waals surface area contributed by atoms with E-state index in [1.807, 2.05) is 19.1 Å². The van der Waals surface area contributed by atoms with Crippen LogP contribution in [0.1, 0.15) is 61.8 Å². The Bertz CT molecular complexity index is 2170. The average molecular weight is 755 g/mol. The SMILES string of the molecule is C=CCN1C2c3c(cc(C)c(OC)c3O)CC1[C@H](C#N)N1C2[C@@H]2SC[C@]3(NCCc4cc(O)c(OC)cc43)C(=O)OC[C@H]1c1c3c(c(C)c(O)c12)OCO3. The molecule has 2 fully saturated rings. The van der Waals surface area contributed by atoms with Gasteiger partial charge >= 0.3 is 5.97 Å². The zero-order valence-electron chi connectivity index (χ0n) is 30.5. The predicted octanol–water partition coefficient (Wildman–Crippen LogP) is 4.32. The number of carbonyl (C=O) groups is 1. The minimum absolute atomic E-state index is 0.0164. The number of piperazine rings is 1. The Kier molecular flexibility index (Phi) is 8.17. The zero-order chi connectivity index (χ0) is 37.8. The van der Waals surface area contributed by atoms with Gasteiger partial charge < -0.3 is 39.0 Å². The van der Waals surface area contributed by atoms with Gasteiger partial charge in [0, 0.05) is 53.2 Å². The summed E-state index contributed by atoms with van der Waals surface area (Å²) >= 11 is 1.48. The van der Waals surface area contributed by atoms with Crippen LogP contribution in [0.5, 0.6) is 40.2 Å². The maximum Gasteiger partial charge on any atom is 0.331 e. The minimum Gasteiger partial charge on any atom is -0.507 e. The summed E-state index contributed by atoms with van der Waals surface area (Å²) in [6.45, 7) is 8.46. The van der Waals surface area contributed by atoms with Gasteiger partial charge in [-0.15, -0.1) is 18.3 Å². The van der Waals surface area contributed by atoms with Crippen LogP contribution in [-0.4, -0.2) is 95.7 Å². The van der Waals surface area contributed by atoms with Crippen molar-refractivity contribution in [2.75, 3.05) is 46.5 Å². The van der Waals surface area contributed by atoms with Crippen molar-refractivity contribution in [1.82, 2.24) is 15.1 Å². The number of methoxy groups -OCH3 is 2. The fourth-order valence-electron chi connectivity index (χ4n) is 10.2. The van der Waals surface area contributed by atoms with Crippen LogP contribution in [0, 0.1) is 25.2 Å². The van der Waals surface area contributed by atoms with Gasteiger partial charge in [0.15, 0.2) is 40.0 Å². The number of thioether (sulfide) groups is 1. The largest absolute Gasteiger partial charge is 0.507 e. The monoisotopic (exact) mass is 754 g/mol. The van der Waals surface area contributed by atoms with Crippen molar-refractivity contribution >= 4 is 17.7 Å². The fourth-order valence-corrected chi connectivity index (χ4v) is 11.9. The Morgan fingerprint density at radius 1 is 1.07 bits per heavy atom. The molecule has 3 aromatic carbocycles. The van der Waals surface area contributed by atoms with Crippen LogP contribution in [0.2, 0.25) is 0 Å². The number of phenols is 3. The van der Waals surface area contributed by atoms with Gasteiger partial charge in [-0.1, -0.05) is 12.1 Å².